The number of amidine groups is 1. The van der Waals surface area contributed by atoms with Crippen LogP contribution in [-0.4, -0.2) is 40.9 Å². The fourth-order valence-electron chi connectivity index (χ4n) is 2.98. The average molecular weight is 511 g/mol. The minimum atomic E-state index is -5.79. The normalized spacial score (nSPS) is 17.0. The van der Waals surface area contributed by atoms with Crippen LogP contribution < -0.4 is 4.90 Å². The van der Waals surface area contributed by atoms with Crippen LogP contribution in [0, 0.1) is 6.92 Å². The van der Waals surface area contributed by atoms with Crippen LogP contribution in [-0.2, 0) is 12.5 Å². The lowest BCUT2D eigenvalue weighted by Gasteiger charge is -2.36. The maximum Gasteiger partial charge on any atom is 0.458 e. The van der Waals surface area contributed by atoms with Crippen molar-refractivity contribution in [1.82, 2.24) is 4.90 Å². The Balaban J connectivity index is 1.89. The number of aryl methyl sites for hydroxylation is 1. The number of aliphatic imine (C=N–C) groups is 1. The lowest BCUT2D eigenvalue weighted by atomic mass is 10.1. The van der Waals surface area contributed by atoms with E-state index in [0.717, 1.165) is 34.4 Å². The average Bonchev–Trinajstić information content (AvgIpc) is 2.74. The molecule has 1 heterocycles. The van der Waals surface area contributed by atoms with Gasteiger partial charge in [-0.3, -0.25) is 14.8 Å². The number of anilines is 1. The van der Waals surface area contributed by atoms with Crippen molar-refractivity contribution in [3.05, 3.63) is 65.2 Å². The van der Waals surface area contributed by atoms with Crippen LogP contribution in [0.5, 0.6) is 0 Å². The highest BCUT2D eigenvalue weighted by molar-refractivity contribution is 8.14. The Bertz CT molecular complexity index is 1050. The summed E-state index contributed by atoms with van der Waals surface area (Å²) < 4.78 is 103. The molecule has 2 amide bonds. The zero-order valence-corrected chi connectivity index (χ0v) is 18.2. The molecule has 1 saturated heterocycles. The Morgan fingerprint density at radius 1 is 0.912 bits per heavy atom. The summed E-state index contributed by atoms with van der Waals surface area (Å²) in [6, 6.07) is 9.11. The first-order valence-electron chi connectivity index (χ1n) is 9.63. The molecule has 0 bridgehead atoms. The minimum Gasteiger partial charge on any atom is -0.284 e. The van der Waals surface area contributed by atoms with Crippen LogP contribution in [0.1, 0.15) is 16.7 Å². The Morgan fingerprint density at radius 3 is 2.03 bits per heavy atom. The van der Waals surface area contributed by atoms with Crippen LogP contribution >= 0.6 is 11.8 Å². The highest BCUT2D eigenvalue weighted by Gasteiger charge is 2.58. The first-order valence-corrected chi connectivity index (χ1v) is 10.6. The molecule has 0 unspecified atom stereocenters. The van der Waals surface area contributed by atoms with E-state index < -0.39 is 36.4 Å². The molecule has 3 rings (SSSR count). The summed E-state index contributed by atoms with van der Waals surface area (Å²) in [4.78, 5) is 18.8. The van der Waals surface area contributed by atoms with Crippen molar-refractivity contribution >= 4 is 28.6 Å². The van der Waals surface area contributed by atoms with Crippen molar-refractivity contribution in [3.8, 4) is 0 Å². The maximum atomic E-state index is 13.5. The molecule has 0 saturated carbocycles. The van der Waals surface area contributed by atoms with Crippen LogP contribution in [0.15, 0.2) is 53.5 Å². The third kappa shape index (κ3) is 5.80. The van der Waals surface area contributed by atoms with Gasteiger partial charge in [0.25, 0.3) is 0 Å². The molecule has 2 aromatic carbocycles. The number of carbonyl (C=O) groups is 1. The summed E-state index contributed by atoms with van der Waals surface area (Å²) in [5.41, 5.74) is 0.223. The number of nitrogens with zero attached hydrogens (tertiary/aromatic N) is 3. The molecule has 4 nitrogen and oxygen atoms in total. The van der Waals surface area contributed by atoms with E-state index in [1.165, 1.54) is 4.90 Å². The molecule has 184 valence electrons. The molecule has 0 N–H and O–H groups in total. The van der Waals surface area contributed by atoms with Crippen molar-refractivity contribution < 1.29 is 39.9 Å². The molecule has 1 fully saturated rings. The van der Waals surface area contributed by atoms with E-state index in [1.807, 2.05) is 6.92 Å². The van der Waals surface area contributed by atoms with E-state index in [-0.39, 0.29) is 23.2 Å². The van der Waals surface area contributed by atoms with Gasteiger partial charge in [-0.05, 0) is 24.6 Å². The molecule has 0 radical (unpaired) electrons. The molecular weight excluding hydrogens is 494 g/mol. The molecule has 0 aromatic heterocycles. The van der Waals surface area contributed by atoms with Gasteiger partial charge in [-0.15, -0.1) is 0 Å². The van der Waals surface area contributed by atoms with Gasteiger partial charge >= 0.3 is 24.3 Å². The maximum absolute atomic E-state index is 13.5. The second-order valence-electron chi connectivity index (χ2n) is 7.39. The zero-order chi connectivity index (χ0) is 25.3. The van der Waals surface area contributed by atoms with Gasteiger partial charge in [0.1, 0.15) is 6.54 Å². The van der Waals surface area contributed by atoms with Gasteiger partial charge in [-0.2, -0.15) is 35.1 Å². The number of benzene rings is 2. The first-order chi connectivity index (χ1) is 15.7. The molecule has 1 aliphatic heterocycles. The number of halogens is 8. The number of rotatable bonds is 5. The highest BCUT2D eigenvalue weighted by atomic mass is 32.2. The Hall–Kier alpha value is -2.83. The second-order valence-corrected chi connectivity index (χ2v) is 8.30. The van der Waals surface area contributed by atoms with Gasteiger partial charge in [0.2, 0.25) is 0 Å². The fourth-order valence-corrected chi connectivity index (χ4v) is 3.94. The van der Waals surface area contributed by atoms with Crippen molar-refractivity contribution in [2.45, 2.75) is 31.7 Å². The number of hydrogen-bond donors (Lipinski definition) is 0. The number of urea groups is 1. The summed E-state index contributed by atoms with van der Waals surface area (Å²) in [5.74, 6) is -5.10. The predicted molar refractivity (Wildman–Crippen MR) is 112 cm³/mol. The van der Waals surface area contributed by atoms with E-state index in [9.17, 15) is 39.9 Å². The molecule has 0 atom stereocenters. The Kier molecular flexibility index (Phi) is 7.15. The molecular formula is C21H17F8N3OS. The number of amides is 2. The molecule has 0 aliphatic carbocycles. The summed E-state index contributed by atoms with van der Waals surface area (Å²) in [6.45, 7) is -0.0973. The SMILES string of the molecule is Cc1ccc(N2CS/C(=N/CC(F)(F)F)N(Cc3ccc(C(F)(F)C(F)(F)F)cc3)C2=O)cc1. The lowest BCUT2D eigenvalue weighted by molar-refractivity contribution is -0.289. The molecule has 0 spiro atoms. The lowest BCUT2D eigenvalue weighted by Crippen LogP contribution is -2.50. The largest absolute Gasteiger partial charge is 0.458 e. The third-order valence-electron chi connectivity index (χ3n) is 4.77. The van der Waals surface area contributed by atoms with Gasteiger partial charge in [-0.25, -0.2) is 4.79 Å². The van der Waals surface area contributed by atoms with E-state index in [0.29, 0.717) is 17.8 Å². The summed E-state index contributed by atoms with van der Waals surface area (Å²) in [5, 5.41) is -0.240. The van der Waals surface area contributed by atoms with Crippen molar-refractivity contribution in [2.24, 2.45) is 4.99 Å². The second kappa shape index (κ2) is 9.43. The van der Waals surface area contributed by atoms with Crippen molar-refractivity contribution in [2.75, 3.05) is 17.3 Å². The van der Waals surface area contributed by atoms with Crippen LogP contribution in [0.2, 0.25) is 0 Å². The zero-order valence-electron chi connectivity index (χ0n) is 17.4. The van der Waals surface area contributed by atoms with Gasteiger partial charge < -0.3 is 0 Å². The van der Waals surface area contributed by atoms with E-state index in [4.69, 9.17) is 0 Å². The van der Waals surface area contributed by atoms with Gasteiger partial charge in [0.15, 0.2) is 5.17 Å². The van der Waals surface area contributed by atoms with Crippen LogP contribution in [0.4, 0.5) is 45.6 Å². The van der Waals surface area contributed by atoms with Crippen LogP contribution in [0.25, 0.3) is 0 Å². The standard InChI is InChI=1S/C21H17F8N3OS/c1-13-2-8-16(9-3-13)32-12-34-17(30-11-19(22,23)24)31(18(32)33)10-14-4-6-15(7-5-14)20(25,26)21(27,28)29/h2-9H,10-12H2,1H3/b30-17+. The smallest absolute Gasteiger partial charge is 0.284 e. The molecule has 34 heavy (non-hydrogen) atoms. The fraction of sp³-hybridized carbons (Fsp3) is 0.333. The van der Waals surface area contributed by atoms with E-state index in [1.54, 1.807) is 24.3 Å². The number of alkyl halides is 8. The van der Waals surface area contributed by atoms with Crippen molar-refractivity contribution in [3.63, 3.8) is 0 Å². The molecule has 13 heteroatoms. The van der Waals surface area contributed by atoms with Crippen molar-refractivity contribution in [1.29, 1.82) is 0 Å². The third-order valence-corrected chi connectivity index (χ3v) is 5.76. The minimum absolute atomic E-state index is 0.0220. The summed E-state index contributed by atoms with van der Waals surface area (Å²) in [7, 11) is 0. The number of carbonyl (C=O) groups excluding carboxylic acids is 1. The monoisotopic (exact) mass is 511 g/mol. The quantitative estimate of drug-likeness (QED) is 0.419. The molecule has 1 aliphatic rings. The number of thioether (sulfide) groups is 1. The Morgan fingerprint density at radius 2 is 1.50 bits per heavy atom. The molecule has 2 aromatic rings. The van der Waals surface area contributed by atoms with Gasteiger partial charge in [-0.1, -0.05) is 53.7 Å². The predicted octanol–water partition coefficient (Wildman–Crippen LogP) is 6.70. The van der Waals surface area contributed by atoms with Gasteiger partial charge in [0.05, 0.1) is 12.4 Å². The summed E-state index contributed by atoms with van der Waals surface area (Å²) in [6.07, 6.45) is -10.4. The van der Waals surface area contributed by atoms with E-state index >= 15 is 0 Å². The van der Waals surface area contributed by atoms with Crippen LogP contribution in [0.3, 0.4) is 0 Å². The first kappa shape index (κ1) is 25.8. The van der Waals surface area contributed by atoms with E-state index in [2.05, 4.69) is 4.99 Å². The number of hydrogen-bond acceptors (Lipinski definition) is 3. The Labute approximate surface area is 193 Å². The highest BCUT2D eigenvalue weighted by Crippen LogP contribution is 2.43. The summed E-state index contributed by atoms with van der Waals surface area (Å²) >= 11 is 0.865. The topological polar surface area (TPSA) is 35.9 Å². The van der Waals surface area contributed by atoms with Gasteiger partial charge in [0, 0.05) is 11.3 Å².